The van der Waals surface area contributed by atoms with Crippen LogP contribution in [0.2, 0.25) is 0 Å². The van der Waals surface area contributed by atoms with Crippen LogP contribution in [0, 0.1) is 13.8 Å². The van der Waals surface area contributed by atoms with Gasteiger partial charge in [0, 0.05) is 23.1 Å². The van der Waals surface area contributed by atoms with Gasteiger partial charge in [0.2, 0.25) is 11.2 Å². The van der Waals surface area contributed by atoms with Crippen molar-refractivity contribution in [3.8, 4) is 11.3 Å². The summed E-state index contributed by atoms with van der Waals surface area (Å²) in [6.07, 6.45) is 0. The molecule has 0 spiro atoms. The fourth-order valence-corrected chi connectivity index (χ4v) is 2.71. The number of rotatable bonds is 1. The van der Waals surface area contributed by atoms with Crippen molar-refractivity contribution >= 4 is 10.9 Å². The molecule has 0 saturated heterocycles. The van der Waals surface area contributed by atoms with Gasteiger partial charge in [0.15, 0.2) is 0 Å². The molecule has 0 radical (unpaired) electrons. The Morgan fingerprint density at radius 2 is 1.47 bits per heavy atom. The first kappa shape index (κ1) is 11.9. The lowest BCUT2D eigenvalue weighted by Crippen LogP contribution is -2.32. The average Bonchev–Trinajstić information content (AvgIpc) is 2.41. The Morgan fingerprint density at radius 1 is 0.737 bits per heavy atom. The van der Waals surface area contributed by atoms with E-state index in [1.54, 1.807) is 0 Å². The van der Waals surface area contributed by atoms with Crippen LogP contribution < -0.4 is 4.57 Å². The van der Waals surface area contributed by atoms with E-state index >= 15 is 0 Å². The van der Waals surface area contributed by atoms with Crippen LogP contribution >= 0.6 is 0 Å². The lowest BCUT2D eigenvalue weighted by atomic mass is 10.0. The molecular weight excluding hydrogens is 230 g/mol. The molecule has 0 fully saturated rings. The van der Waals surface area contributed by atoms with Gasteiger partial charge in [-0.3, -0.25) is 0 Å². The van der Waals surface area contributed by atoms with Crippen molar-refractivity contribution in [2.24, 2.45) is 7.05 Å². The summed E-state index contributed by atoms with van der Waals surface area (Å²) in [5, 5.41) is 1.32. The number of hydrogen-bond donors (Lipinski definition) is 0. The van der Waals surface area contributed by atoms with Crippen molar-refractivity contribution in [1.29, 1.82) is 0 Å². The van der Waals surface area contributed by atoms with Crippen molar-refractivity contribution in [3.63, 3.8) is 0 Å². The lowest BCUT2D eigenvalue weighted by Gasteiger charge is -2.07. The molecule has 0 aliphatic heterocycles. The minimum Gasteiger partial charge on any atom is -0.194 e. The van der Waals surface area contributed by atoms with E-state index in [9.17, 15) is 0 Å². The van der Waals surface area contributed by atoms with Gasteiger partial charge in [-0.2, -0.15) is 4.57 Å². The van der Waals surface area contributed by atoms with Crippen molar-refractivity contribution in [1.82, 2.24) is 0 Å². The van der Waals surface area contributed by atoms with Crippen LogP contribution in [0.4, 0.5) is 0 Å². The smallest absolute Gasteiger partial charge is 0.194 e. The Morgan fingerprint density at radius 3 is 2.26 bits per heavy atom. The molecule has 94 valence electrons. The van der Waals surface area contributed by atoms with Gasteiger partial charge in [-0.15, -0.1) is 0 Å². The predicted molar refractivity (Wildman–Crippen MR) is 80.0 cm³/mol. The SMILES string of the molecule is Cc1ccccc1-c1ccc2c(C)cccc2[n+]1C. The molecule has 1 heteroatoms. The van der Waals surface area contributed by atoms with E-state index in [0.717, 1.165) is 0 Å². The topological polar surface area (TPSA) is 3.88 Å². The highest BCUT2D eigenvalue weighted by Crippen LogP contribution is 2.23. The van der Waals surface area contributed by atoms with E-state index in [0.29, 0.717) is 0 Å². The van der Waals surface area contributed by atoms with Crippen molar-refractivity contribution in [2.45, 2.75) is 13.8 Å². The average molecular weight is 248 g/mol. The van der Waals surface area contributed by atoms with Gasteiger partial charge in [-0.25, -0.2) is 0 Å². The maximum absolute atomic E-state index is 2.28. The van der Waals surface area contributed by atoms with Gasteiger partial charge in [-0.05, 0) is 37.1 Å². The minimum atomic E-state index is 1.26. The normalized spacial score (nSPS) is 10.9. The zero-order valence-electron chi connectivity index (χ0n) is 11.6. The Kier molecular flexibility index (Phi) is 2.83. The van der Waals surface area contributed by atoms with Crippen LogP contribution in [0.15, 0.2) is 54.6 Å². The first-order valence-electron chi connectivity index (χ1n) is 6.63. The molecule has 0 bridgehead atoms. The summed E-state index contributed by atoms with van der Waals surface area (Å²) in [6.45, 7) is 4.32. The number of fused-ring (bicyclic) bond motifs is 1. The number of benzene rings is 2. The number of pyridine rings is 1. The van der Waals surface area contributed by atoms with E-state index in [-0.39, 0.29) is 0 Å². The molecule has 3 rings (SSSR count). The zero-order valence-corrected chi connectivity index (χ0v) is 11.6. The molecule has 2 aromatic carbocycles. The number of aryl methyl sites for hydroxylation is 3. The second kappa shape index (κ2) is 4.51. The van der Waals surface area contributed by atoms with Crippen LogP contribution in [0.3, 0.4) is 0 Å². The van der Waals surface area contributed by atoms with Crippen molar-refractivity contribution in [3.05, 3.63) is 65.7 Å². The fourth-order valence-electron chi connectivity index (χ4n) is 2.71. The van der Waals surface area contributed by atoms with Gasteiger partial charge in [0.25, 0.3) is 0 Å². The molecular formula is C18H18N+. The summed E-state index contributed by atoms with van der Waals surface area (Å²) in [6, 6.07) is 19.5. The monoisotopic (exact) mass is 248 g/mol. The maximum atomic E-state index is 2.28. The van der Waals surface area contributed by atoms with Crippen LogP contribution in [0.1, 0.15) is 11.1 Å². The minimum absolute atomic E-state index is 1.26. The zero-order chi connectivity index (χ0) is 13.4. The van der Waals surface area contributed by atoms with Gasteiger partial charge >= 0.3 is 0 Å². The van der Waals surface area contributed by atoms with Crippen LogP contribution in [-0.2, 0) is 7.05 Å². The summed E-state index contributed by atoms with van der Waals surface area (Å²) < 4.78 is 2.28. The molecule has 0 aliphatic carbocycles. The van der Waals surface area contributed by atoms with Gasteiger partial charge < -0.3 is 0 Å². The van der Waals surface area contributed by atoms with E-state index < -0.39 is 0 Å². The predicted octanol–water partition coefficient (Wildman–Crippen LogP) is 3.95. The van der Waals surface area contributed by atoms with E-state index in [1.165, 1.54) is 33.3 Å². The summed E-state index contributed by atoms with van der Waals surface area (Å²) in [5.74, 6) is 0. The third-order valence-corrected chi connectivity index (χ3v) is 3.85. The standard InChI is InChI=1S/C18H18N/c1-13-7-4-5-9-15(13)18-12-11-16-14(2)8-6-10-17(16)19(18)3/h4-12H,1-3H3/q+1. The van der Waals surface area contributed by atoms with Crippen molar-refractivity contribution in [2.75, 3.05) is 0 Å². The molecule has 19 heavy (non-hydrogen) atoms. The first-order valence-corrected chi connectivity index (χ1v) is 6.63. The molecule has 0 aliphatic rings. The van der Waals surface area contributed by atoms with Gasteiger partial charge in [0.1, 0.15) is 7.05 Å². The third kappa shape index (κ3) is 1.91. The second-order valence-electron chi connectivity index (χ2n) is 5.10. The Labute approximate surface area is 114 Å². The second-order valence-corrected chi connectivity index (χ2v) is 5.10. The fraction of sp³-hybridized carbons (Fsp3) is 0.167. The van der Waals surface area contributed by atoms with Gasteiger partial charge in [-0.1, -0.05) is 30.3 Å². The molecule has 1 nitrogen and oxygen atoms in total. The maximum Gasteiger partial charge on any atom is 0.213 e. The molecule has 3 aromatic rings. The quantitative estimate of drug-likeness (QED) is 0.574. The highest BCUT2D eigenvalue weighted by atomic mass is 14.9. The summed E-state index contributed by atoms with van der Waals surface area (Å²) in [7, 11) is 2.14. The molecule has 0 N–H and O–H groups in total. The number of hydrogen-bond acceptors (Lipinski definition) is 0. The largest absolute Gasteiger partial charge is 0.213 e. The Hall–Kier alpha value is -2.15. The van der Waals surface area contributed by atoms with Crippen LogP contribution in [-0.4, -0.2) is 0 Å². The first-order chi connectivity index (χ1) is 9.18. The molecule has 0 atom stereocenters. The van der Waals surface area contributed by atoms with Crippen LogP contribution in [0.25, 0.3) is 22.2 Å². The summed E-state index contributed by atoms with van der Waals surface area (Å²) in [5.41, 5.74) is 6.47. The summed E-state index contributed by atoms with van der Waals surface area (Å²) in [4.78, 5) is 0. The molecule has 1 heterocycles. The molecule has 0 saturated carbocycles. The van der Waals surface area contributed by atoms with Gasteiger partial charge in [0.05, 0.1) is 0 Å². The number of aromatic nitrogens is 1. The molecule has 0 amide bonds. The van der Waals surface area contributed by atoms with Crippen LogP contribution in [0.5, 0.6) is 0 Å². The third-order valence-electron chi connectivity index (χ3n) is 3.85. The highest BCUT2D eigenvalue weighted by Gasteiger charge is 2.15. The van der Waals surface area contributed by atoms with E-state index in [4.69, 9.17) is 0 Å². The molecule has 0 unspecified atom stereocenters. The number of nitrogens with zero attached hydrogens (tertiary/aromatic N) is 1. The van der Waals surface area contributed by atoms with E-state index in [1.807, 2.05) is 0 Å². The highest BCUT2D eigenvalue weighted by molar-refractivity contribution is 5.81. The van der Waals surface area contributed by atoms with Crippen molar-refractivity contribution < 1.29 is 4.57 Å². The van der Waals surface area contributed by atoms with E-state index in [2.05, 4.69) is 80.1 Å². The molecule has 1 aromatic heterocycles. The Balaban J connectivity index is 2.33. The lowest BCUT2D eigenvalue weighted by molar-refractivity contribution is -0.633. The Bertz CT molecular complexity index is 757. The summed E-state index contributed by atoms with van der Waals surface area (Å²) >= 11 is 0.